The van der Waals surface area contributed by atoms with E-state index in [0.29, 0.717) is 17.0 Å². The van der Waals surface area contributed by atoms with Gasteiger partial charge in [-0.15, -0.1) is 0 Å². The van der Waals surface area contributed by atoms with Gasteiger partial charge in [0.25, 0.3) is 5.91 Å². The van der Waals surface area contributed by atoms with Crippen LogP contribution in [0.5, 0.6) is 11.5 Å². The van der Waals surface area contributed by atoms with Gasteiger partial charge in [-0.3, -0.25) is 10.1 Å². The number of aromatic nitrogens is 2. The molecule has 1 heterocycles. The quantitative estimate of drug-likeness (QED) is 0.448. The number of nitrogens with one attached hydrogen (secondary N) is 1. The Kier molecular flexibility index (Phi) is 6.12. The lowest BCUT2D eigenvalue weighted by molar-refractivity contribution is 0.102. The van der Waals surface area contributed by atoms with Crippen molar-refractivity contribution in [2.45, 2.75) is 6.92 Å². The van der Waals surface area contributed by atoms with Crippen molar-refractivity contribution in [2.24, 2.45) is 0 Å². The average Bonchev–Trinajstić information content (AvgIpc) is 2.84. The number of hydrogen-bond acceptors (Lipinski definition) is 5. The van der Waals surface area contributed by atoms with E-state index in [4.69, 9.17) is 9.47 Å². The summed E-state index contributed by atoms with van der Waals surface area (Å²) in [5.41, 5.74) is 4.61. The van der Waals surface area contributed by atoms with Crippen LogP contribution in [0.2, 0.25) is 0 Å². The third kappa shape index (κ3) is 4.59. The lowest BCUT2D eigenvalue weighted by Gasteiger charge is -2.11. The molecule has 1 N–H and O–H groups in total. The highest BCUT2D eigenvalue weighted by atomic mass is 16.5. The molecular formula is C26H23N3O3. The second-order valence-electron chi connectivity index (χ2n) is 7.19. The fourth-order valence-electron chi connectivity index (χ4n) is 3.32. The summed E-state index contributed by atoms with van der Waals surface area (Å²) in [5, 5.41) is 2.85. The third-order valence-electron chi connectivity index (χ3n) is 5.11. The number of rotatable bonds is 6. The van der Waals surface area contributed by atoms with Crippen molar-refractivity contribution in [1.29, 1.82) is 0 Å². The number of amides is 1. The molecule has 4 rings (SSSR count). The normalized spacial score (nSPS) is 10.5. The van der Waals surface area contributed by atoms with E-state index in [1.165, 1.54) is 0 Å². The van der Waals surface area contributed by atoms with Crippen molar-refractivity contribution in [1.82, 2.24) is 9.97 Å². The molecule has 0 radical (unpaired) electrons. The van der Waals surface area contributed by atoms with Crippen molar-refractivity contribution >= 4 is 11.9 Å². The Balaban J connectivity index is 1.75. The molecule has 0 aliphatic rings. The Morgan fingerprint density at radius 2 is 1.25 bits per heavy atom. The van der Waals surface area contributed by atoms with Crippen LogP contribution in [0.4, 0.5) is 5.95 Å². The van der Waals surface area contributed by atoms with Crippen LogP contribution in [0.25, 0.3) is 22.5 Å². The van der Waals surface area contributed by atoms with Crippen molar-refractivity contribution < 1.29 is 14.3 Å². The van der Waals surface area contributed by atoms with E-state index in [1.807, 2.05) is 79.7 Å². The van der Waals surface area contributed by atoms with Crippen LogP contribution in [0.15, 0.2) is 78.9 Å². The number of nitrogens with zero attached hydrogens (tertiary/aromatic N) is 2. The first kappa shape index (κ1) is 21.1. The molecule has 3 aromatic carbocycles. The van der Waals surface area contributed by atoms with Crippen molar-refractivity contribution in [3.63, 3.8) is 0 Å². The monoisotopic (exact) mass is 425 g/mol. The second-order valence-corrected chi connectivity index (χ2v) is 7.19. The summed E-state index contributed by atoms with van der Waals surface area (Å²) in [6.07, 6.45) is 0. The van der Waals surface area contributed by atoms with Gasteiger partial charge in [0.05, 0.1) is 25.6 Å². The number of carbonyl (C=O) groups is 1. The molecule has 6 nitrogen and oxygen atoms in total. The molecule has 160 valence electrons. The summed E-state index contributed by atoms with van der Waals surface area (Å²) in [5.74, 6) is 1.49. The number of carbonyl (C=O) groups excluding carboxylic acids is 1. The summed E-state index contributed by atoms with van der Waals surface area (Å²) >= 11 is 0. The van der Waals surface area contributed by atoms with E-state index in [9.17, 15) is 4.79 Å². The lowest BCUT2D eigenvalue weighted by Crippen LogP contribution is -2.16. The lowest BCUT2D eigenvalue weighted by atomic mass is 10.1. The summed E-state index contributed by atoms with van der Waals surface area (Å²) in [4.78, 5) is 22.1. The molecule has 0 fully saturated rings. The fraction of sp³-hybridized carbons (Fsp3) is 0.115. The molecule has 6 heteroatoms. The maximum atomic E-state index is 12.9. The standard InChI is InChI=1S/C26H23N3O3/c1-17-6-4-5-7-22(17)25(30)29-26-27-23(18-8-12-20(31-2)13-9-18)16-24(28-26)19-10-14-21(32-3)15-11-19/h4-16H,1-3H3,(H,27,28,29,30). The van der Waals surface area contributed by atoms with Gasteiger partial charge in [-0.25, -0.2) is 9.97 Å². The van der Waals surface area contributed by atoms with Crippen LogP contribution < -0.4 is 14.8 Å². The maximum absolute atomic E-state index is 12.9. The molecule has 1 amide bonds. The number of hydrogen-bond donors (Lipinski definition) is 1. The van der Waals surface area contributed by atoms with Gasteiger partial charge < -0.3 is 9.47 Å². The highest BCUT2D eigenvalue weighted by Gasteiger charge is 2.14. The zero-order valence-corrected chi connectivity index (χ0v) is 18.1. The Morgan fingerprint density at radius 1 is 0.750 bits per heavy atom. The summed E-state index contributed by atoms with van der Waals surface area (Å²) < 4.78 is 10.5. The summed E-state index contributed by atoms with van der Waals surface area (Å²) in [6, 6.07) is 24.5. The number of benzene rings is 3. The van der Waals surface area contributed by atoms with Gasteiger partial charge >= 0.3 is 0 Å². The van der Waals surface area contributed by atoms with E-state index < -0.39 is 0 Å². The van der Waals surface area contributed by atoms with Gasteiger partial charge in [0.15, 0.2) is 0 Å². The molecule has 0 aliphatic heterocycles. The smallest absolute Gasteiger partial charge is 0.258 e. The number of aryl methyl sites for hydroxylation is 1. The van der Waals surface area contributed by atoms with Crippen molar-refractivity contribution in [3.8, 4) is 34.0 Å². The van der Waals surface area contributed by atoms with Gasteiger partial charge in [0.2, 0.25) is 5.95 Å². The second kappa shape index (κ2) is 9.31. The molecule has 0 saturated heterocycles. The first-order valence-corrected chi connectivity index (χ1v) is 10.1. The van der Waals surface area contributed by atoms with Crippen LogP contribution in [-0.4, -0.2) is 30.1 Å². The predicted octanol–water partition coefficient (Wildman–Crippen LogP) is 5.39. The van der Waals surface area contributed by atoms with E-state index in [-0.39, 0.29) is 11.9 Å². The highest BCUT2D eigenvalue weighted by molar-refractivity contribution is 6.04. The zero-order valence-electron chi connectivity index (χ0n) is 18.1. The predicted molar refractivity (Wildman–Crippen MR) is 125 cm³/mol. The zero-order chi connectivity index (χ0) is 22.5. The maximum Gasteiger partial charge on any atom is 0.258 e. The van der Waals surface area contributed by atoms with Crippen LogP contribution in [0.1, 0.15) is 15.9 Å². The average molecular weight is 425 g/mol. The topological polar surface area (TPSA) is 73.3 Å². The van der Waals surface area contributed by atoms with E-state index in [2.05, 4.69) is 15.3 Å². The highest BCUT2D eigenvalue weighted by Crippen LogP contribution is 2.28. The molecule has 0 aliphatic carbocycles. The van der Waals surface area contributed by atoms with Gasteiger partial charge in [0.1, 0.15) is 11.5 Å². The van der Waals surface area contributed by atoms with E-state index in [1.54, 1.807) is 20.3 Å². The molecule has 0 unspecified atom stereocenters. The molecule has 32 heavy (non-hydrogen) atoms. The van der Waals surface area contributed by atoms with Gasteiger partial charge in [0, 0.05) is 16.7 Å². The van der Waals surface area contributed by atoms with Crippen molar-refractivity contribution in [3.05, 3.63) is 90.0 Å². The molecule has 0 spiro atoms. The van der Waals surface area contributed by atoms with Crippen LogP contribution in [0.3, 0.4) is 0 Å². The summed E-state index contributed by atoms with van der Waals surface area (Å²) in [6.45, 7) is 1.90. The van der Waals surface area contributed by atoms with E-state index >= 15 is 0 Å². The third-order valence-corrected chi connectivity index (χ3v) is 5.11. The van der Waals surface area contributed by atoms with Crippen LogP contribution in [0, 0.1) is 6.92 Å². The van der Waals surface area contributed by atoms with Crippen molar-refractivity contribution in [2.75, 3.05) is 19.5 Å². The number of methoxy groups -OCH3 is 2. The molecule has 1 aromatic heterocycles. The largest absolute Gasteiger partial charge is 0.497 e. The molecular weight excluding hydrogens is 402 g/mol. The Bertz CT molecular complexity index is 1170. The number of anilines is 1. The Morgan fingerprint density at radius 3 is 1.72 bits per heavy atom. The minimum Gasteiger partial charge on any atom is -0.497 e. The molecule has 0 atom stereocenters. The van der Waals surface area contributed by atoms with Crippen LogP contribution >= 0.6 is 0 Å². The fourth-order valence-corrected chi connectivity index (χ4v) is 3.32. The number of ether oxygens (including phenoxy) is 2. The SMILES string of the molecule is COc1ccc(-c2cc(-c3ccc(OC)cc3)nc(NC(=O)c3ccccc3C)n2)cc1. The van der Waals surface area contributed by atoms with Gasteiger partial charge in [-0.1, -0.05) is 18.2 Å². The Hall–Kier alpha value is -4.19. The molecule has 0 bridgehead atoms. The van der Waals surface area contributed by atoms with E-state index in [0.717, 1.165) is 28.2 Å². The van der Waals surface area contributed by atoms with Gasteiger partial charge in [-0.05, 0) is 73.2 Å². The molecule has 0 saturated carbocycles. The minimum atomic E-state index is -0.254. The Labute approximate surface area is 186 Å². The summed E-state index contributed by atoms with van der Waals surface area (Å²) in [7, 11) is 3.25. The van der Waals surface area contributed by atoms with Gasteiger partial charge in [-0.2, -0.15) is 0 Å². The first-order valence-electron chi connectivity index (χ1n) is 10.1. The first-order chi connectivity index (χ1) is 15.6. The molecule has 4 aromatic rings. The van der Waals surface area contributed by atoms with Crippen LogP contribution in [-0.2, 0) is 0 Å². The minimum absolute atomic E-state index is 0.234.